The van der Waals surface area contributed by atoms with Crippen molar-refractivity contribution in [3.63, 3.8) is 0 Å². The summed E-state index contributed by atoms with van der Waals surface area (Å²) in [5, 5.41) is 6.93. The van der Waals surface area contributed by atoms with Crippen LogP contribution >= 0.6 is 0 Å². The maximum atomic E-state index is 5.65. The molecule has 0 aliphatic carbocycles. The number of rotatable bonds is 7. The Morgan fingerprint density at radius 1 is 1.17 bits per heavy atom. The molecule has 0 bridgehead atoms. The van der Waals surface area contributed by atoms with Crippen LogP contribution in [0.4, 0.5) is 0 Å². The van der Waals surface area contributed by atoms with Crippen LogP contribution in [0, 0.1) is 5.92 Å². The van der Waals surface area contributed by atoms with Gasteiger partial charge in [-0.2, -0.15) is 0 Å². The molecule has 3 heteroatoms. The molecular weight excluding hydrogens is 224 g/mol. The first-order valence-electron chi connectivity index (χ1n) is 7.04. The number of hydrogen-bond donors (Lipinski definition) is 2. The fourth-order valence-electron chi connectivity index (χ4n) is 2.30. The largest absolute Gasteiger partial charge is 0.494 e. The molecule has 1 saturated heterocycles. The van der Waals surface area contributed by atoms with Gasteiger partial charge in [0.1, 0.15) is 5.75 Å². The maximum Gasteiger partial charge on any atom is 0.119 e. The predicted molar refractivity (Wildman–Crippen MR) is 75.0 cm³/mol. The molecule has 3 nitrogen and oxygen atoms in total. The second-order valence-electron chi connectivity index (χ2n) is 4.91. The van der Waals surface area contributed by atoms with Crippen molar-refractivity contribution in [2.45, 2.75) is 19.3 Å². The summed E-state index contributed by atoms with van der Waals surface area (Å²) in [6.45, 7) is 5.37. The van der Waals surface area contributed by atoms with Crippen LogP contribution in [-0.2, 0) is 0 Å². The van der Waals surface area contributed by atoms with Crippen LogP contribution in [-0.4, -0.2) is 32.8 Å². The molecule has 18 heavy (non-hydrogen) atoms. The van der Waals surface area contributed by atoms with Crippen LogP contribution < -0.4 is 15.4 Å². The van der Waals surface area contributed by atoms with Crippen molar-refractivity contribution in [2.75, 3.05) is 32.8 Å². The Morgan fingerprint density at radius 3 is 2.72 bits per heavy atom. The Morgan fingerprint density at radius 2 is 1.94 bits per heavy atom. The number of hydrogen-bond acceptors (Lipinski definition) is 3. The summed E-state index contributed by atoms with van der Waals surface area (Å²) >= 11 is 0. The summed E-state index contributed by atoms with van der Waals surface area (Å²) in [7, 11) is 0. The molecule has 1 heterocycles. The molecule has 0 radical (unpaired) electrons. The van der Waals surface area contributed by atoms with Crippen molar-refractivity contribution < 1.29 is 4.74 Å². The second kappa shape index (κ2) is 8.11. The van der Waals surface area contributed by atoms with E-state index < -0.39 is 0 Å². The summed E-state index contributed by atoms with van der Waals surface area (Å²) in [5.74, 6) is 1.83. The zero-order valence-electron chi connectivity index (χ0n) is 11.0. The highest BCUT2D eigenvalue weighted by Crippen LogP contribution is 2.10. The Labute approximate surface area is 110 Å². The standard InChI is InChI=1S/C15H24N2O/c1-2-5-15(6-3-1)18-12-4-9-17-13-14-7-10-16-11-8-14/h1-3,5-6,14,16-17H,4,7-13H2. The Kier molecular flexibility index (Phi) is 6.03. The molecule has 1 aliphatic rings. The van der Waals surface area contributed by atoms with E-state index in [1.807, 2.05) is 30.3 Å². The number of nitrogens with one attached hydrogen (secondary N) is 2. The minimum absolute atomic E-state index is 0.795. The third-order valence-corrected chi connectivity index (χ3v) is 3.40. The first-order chi connectivity index (χ1) is 8.95. The van der Waals surface area contributed by atoms with Gasteiger partial charge in [0.15, 0.2) is 0 Å². The average molecular weight is 248 g/mol. The number of benzene rings is 1. The molecule has 1 aliphatic heterocycles. The Balaban J connectivity index is 1.46. The third kappa shape index (κ3) is 5.07. The minimum Gasteiger partial charge on any atom is -0.494 e. The number of piperidine rings is 1. The van der Waals surface area contributed by atoms with E-state index in [1.165, 1.54) is 25.9 Å². The highest BCUT2D eigenvalue weighted by molar-refractivity contribution is 5.20. The second-order valence-corrected chi connectivity index (χ2v) is 4.91. The van der Waals surface area contributed by atoms with E-state index in [9.17, 15) is 0 Å². The lowest BCUT2D eigenvalue weighted by molar-refractivity contribution is 0.301. The Hall–Kier alpha value is -1.06. The van der Waals surface area contributed by atoms with Crippen molar-refractivity contribution in [3.05, 3.63) is 30.3 Å². The van der Waals surface area contributed by atoms with E-state index in [-0.39, 0.29) is 0 Å². The summed E-state index contributed by atoms with van der Waals surface area (Å²) < 4.78 is 5.65. The molecule has 100 valence electrons. The summed E-state index contributed by atoms with van der Waals surface area (Å²) in [6, 6.07) is 10.0. The average Bonchev–Trinajstić information content (AvgIpc) is 2.45. The SMILES string of the molecule is c1ccc(OCCCNCC2CCNCC2)cc1. The molecular formula is C15H24N2O. The van der Waals surface area contributed by atoms with E-state index in [1.54, 1.807) is 0 Å². The molecule has 2 rings (SSSR count). The molecule has 1 aromatic rings. The minimum atomic E-state index is 0.795. The van der Waals surface area contributed by atoms with Gasteiger partial charge in [-0.25, -0.2) is 0 Å². The summed E-state index contributed by atoms with van der Waals surface area (Å²) in [4.78, 5) is 0. The van der Waals surface area contributed by atoms with Gasteiger partial charge in [-0.15, -0.1) is 0 Å². The van der Waals surface area contributed by atoms with Crippen molar-refractivity contribution in [2.24, 2.45) is 5.92 Å². The van der Waals surface area contributed by atoms with Gasteiger partial charge in [-0.3, -0.25) is 0 Å². The van der Waals surface area contributed by atoms with Crippen molar-refractivity contribution in [1.29, 1.82) is 0 Å². The third-order valence-electron chi connectivity index (χ3n) is 3.40. The molecule has 0 amide bonds. The topological polar surface area (TPSA) is 33.3 Å². The molecule has 1 aromatic carbocycles. The van der Waals surface area contributed by atoms with E-state index in [2.05, 4.69) is 10.6 Å². The number of para-hydroxylation sites is 1. The van der Waals surface area contributed by atoms with E-state index in [0.717, 1.165) is 37.8 Å². The lowest BCUT2D eigenvalue weighted by atomic mass is 9.98. The summed E-state index contributed by atoms with van der Waals surface area (Å²) in [5.41, 5.74) is 0. The van der Waals surface area contributed by atoms with Crippen LogP contribution in [0.1, 0.15) is 19.3 Å². The van der Waals surface area contributed by atoms with Gasteiger partial charge < -0.3 is 15.4 Å². The zero-order chi connectivity index (χ0) is 12.5. The highest BCUT2D eigenvalue weighted by Gasteiger charge is 2.11. The first kappa shape index (κ1) is 13.4. The van der Waals surface area contributed by atoms with E-state index >= 15 is 0 Å². The molecule has 0 saturated carbocycles. The molecule has 2 N–H and O–H groups in total. The van der Waals surface area contributed by atoms with Crippen LogP contribution in [0.2, 0.25) is 0 Å². The monoisotopic (exact) mass is 248 g/mol. The lowest BCUT2D eigenvalue weighted by Crippen LogP contribution is -2.34. The van der Waals surface area contributed by atoms with E-state index in [0.29, 0.717) is 0 Å². The molecule has 0 spiro atoms. The van der Waals surface area contributed by atoms with Crippen LogP contribution in [0.15, 0.2) is 30.3 Å². The van der Waals surface area contributed by atoms with E-state index in [4.69, 9.17) is 4.74 Å². The summed E-state index contributed by atoms with van der Waals surface area (Å²) in [6.07, 6.45) is 3.70. The molecule has 0 atom stereocenters. The van der Waals surface area contributed by atoms with Crippen LogP contribution in [0.25, 0.3) is 0 Å². The molecule has 0 unspecified atom stereocenters. The highest BCUT2D eigenvalue weighted by atomic mass is 16.5. The Bertz CT molecular complexity index is 310. The van der Waals surface area contributed by atoms with Gasteiger partial charge in [0.2, 0.25) is 0 Å². The van der Waals surface area contributed by atoms with Crippen molar-refractivity contribution in [1.82, 2.24) is 10.6 Å². The van der Waals surface area contributed by atoms with Crippen molar-refractivity contribution in [3.8, 4) is 5.75 Å². The lowest BCUT2D eigenvalue weighted by Gasteiger charge is -2.22. The van der Waals surface area contributed by atoms with Crippen LogP contribution in [0.3, 0.4) is 0 Å². The van der Waals surface area contributed by atoms with Gasteiger partial charge >= 0.3 is 0 Å². The van der Waals surface area contributed by atoms with Crippen molar-refractivity contribution >= 4 is 0 Å². The van der Waals surface area contributed by atoms with Gasteiger partial charge in [0, 0.05) is 0 Å². The van der Waals surface area contributed by atoms with Crippen LogP contribution in [0.5, 0.6) is 5.75 Å². The van der Waals surface area contributed by atoms with Gasteiger partial charge in [0.05, 0.1) is 6.61 Å². The number of ether oxygens (including phenoxy) is 1. The normalized spacial score (nSPS) is 16.7. The fourth-order valence-corrected chi connectivity index (χ4v) is 2.30. The van der Waals surface area contributed by atoms with Gasteiger partial charge in [-0.05, 0) is 63.5 Å². The predicted octanol–water partition coefficient (Wildman–Crippen LogP) is 2.04. The quantitative estimate of drug-likeness (QED) is 0.725. The maximum absolute atomic E-state index is 5.65. The zero-order valence-corrected chi connectivity index (χ0v) is 11.0. The fraction of sp³-hybridized carbons (Fsp3) is 0.600. The molecule has 0 aromatic heterocycles. The van der Waals surface area contributed by atoms with Gasteiger partial charge in [-0.1, -0.05) is 18.2 Å². The smallest absolute Gasteiger partial charge is 0.119 e. The first-order valence-corrected chi connectivity index (χ1v) is 7.04. The molecule has 1 fully saturated rings. The van der Waals surface area contributed by atoms with Gasteiger partial charge in [0.25, 0.3) is 0 Å².